The number of nitrogens with zero attached hydrogens (tertiary/aromatic N) is 3. The topological polar surface area (TPSA) is 168 Å². The third-order valence-corrected chi connectivity index (χ3v) is 6.19. The van der Waals surface area contributed by atoms with Crippen molar-refractivity contribution in [3.05, 3.63) is 57.9 Å². The van der Waals surface area contributed by atoms with Gasteiger partial charge in [0.05, 0.1) is 25.1 Å². The van der Waals surface area contributed by atoms with Gasteiger partial charge in [0.15, 0.2) is 11.2 Å². The molecule has 0 aliphatic heterocycles. The van der Waals surface area contributed by atoms with Gasteiger partial charge in [-0.25, -0.2) is 19.0 Å². The molecule has 34 heavy (non-hydrogen) atoms. The van der Waals surface area contributed by atoms with Gasteiger partial charge in [0.25, 0.3) is 11.2 Å². The fraction of sp³-hybridized carbons (Fsp3) is 0.381. The minimum atomic E-state index is -2.63. The van der Waals surface area contributed by atoms with E-state index < -0.39 is 60.4 Å². The summed E-state index contributed by atoms with van der Waals surface area (Å²) in [4.78, 5) is 46.1. The quantitative estimate of drug-likeness (QED) is 0.265. The minimum absolute atomic E-state index is 0.0182. The molecule has 0 radical (unpaired) electrons. The SMILES string of the molecule is O=C(O)C(Cc1ccccc1)(OC[C@H]1C[C@@H](n2cnc3c(=O)[nH]c(Cl)nc32)[C@@H](F)[C@@H]1O)C(=O)O. The fourth-order valence-corrected chi connectivity index (χ4v) is 4.36. The predicted octanol–water partition coefficient (Wildman–Crippen LogP) is 1.20. The molecular formula is C21H20ClFN4O7. The van der Waals surface area contributed by atoms with Crippen LogP contribution in [0.15, 0.2) is 41.5 Å². The van der Waals surface area contributed by atoms with Crippen LogP contribution in [0.3, 0.4) is 0 Å². The number of halogens is 2. The number of H-pyrrole nitrogens is 1. The Morgan fingerprint density at radius 1 is 1.26 bits per heavy atom. The monoisotopic (exact) mass is 494 g/mol. The van der Waals surface area contributed by atoms with Crippen LogP contribution in [0, 0.1) is 5.92 Å². The zero-order valence-electron chi connectivity index (χ0n) is 17.5. The van der Waals surface area contributed by atoms with Gasteiger partial charge in [0, 0.05) is 12.3 Å². The Kier molecular flexibility index (Phi) is 6.39. The molecule has 0 spiro atoms. The number of imidazole rings is 1. The van der Waals surface area contributed by atoms with Gasteiger partial charge >= 0.3 is 11.9 Å². The smallest absolute Gasteiger partial charge is 0.348 e. The second-order valence-electron chi connectivity index (χ2n) is 8.09. The number of nitrogens with one attached hydrogen (secondary N) is 1. The van der Waals surface area contributed by atoms with Crippen molar-refractivity contribution in [3.63, 3.8) is 0 Å². The Morgan fingerprint density at radius 2 is 1.94 bits per heavy atom. The number of aliphatic hydroxyl groups excluding tert-OH is 1. The summed E-state index contributed by atoms with van der Waals surface area (Å²) in [6.45, 7) is -0.537. The number of benzene rings is 1. The molecule has 4 rings (SSSR count). The Morgan fingerprint density at radius 3 is 2.59 bits per heavy atom. The van der Waals surface area contributed by atoms with Crippen molar-refractivity contribution < 1.29 is 34.0 Å². The Balaban J connectivity index is 1.58. The molecule has 4 N–H and O–H groups in total. The van der Waals surface area contributed by atoms with Gasteiger partial charge < -0.3 is 24.6 Å². The number of hydrogen-bond donors (Lipinski definition) is 4. The highest BCUT2D eigenvalue weighted by Crippen LogP contribution is 2.39. The minimum Gasteiger partial charge on any atom is -0.479 e. The van der Waals surface area contributed by atoms with E-state index in [1.54, 1.807) is 30.3 Å². The van der Waals surface area contributed by atoms with Crippen LogP contribution in [0.4, 0.5) is 4.39 Å². The van der Waals surface area contributed by atoms with Gasteiger partial charge in [-0.05, 0) is 23.6 Å². The van der Waals surface area contributed by atoms with Gasteiger partial charge in [0.2, 0.25) is 5.28 Å². The molecule has 1 saturated carbocycles. The first-order valence-electron chi connectivity index (χ1n) is 10.2. The van der Waals surface area contributed by atoms with Crippen molar-refractivity contribution in [2.24, 2.45) is 5.92 Å². The maximum absolute atomic E-state index is 15.1. The summed E-state index contributed by atoms with van der Waals surface area (Å²) in [6, 6.07) is 7.06. The molecule has 180 valence electrons. The normalized spacial score (nSPS) is 22.8. The molecule has 2 aromatic heterocycles. The number of alkyl halides is 1. The van der Waals surface area contributed by atoms with E-state index >= 15 is 4.39 Å². The molecule has 13 heteroatoms. The number of aliphatic hydroxyl groups is 1. The van der Waals surface area contributed by atoms with Crippen LogP contribution < -0.4 is 5.56 Å². The predicted molar refractivity (Wildman–Crippen MR) is 115 cm³/mol. The van der Waals surface area contributed by atoms with Crippen LogP contribution in [0.5, 0.6) is 0 Å². The lowest BCUT2D eigenvalue weighted by Gasteiger charge is -2.27. The number of carboxylic acids is 2. The van der Waals surface area contributed by atoms with Crippen LogP contribution in [0.2, 0.25) is 5.28 Å². The number of carbonyl (C=O) groups is 2. The molecule has 0 saturated heterocycles. The average Bonchev–Trinajstić information content (AvgIpc) is 3.33. The maximum Gasteiger partial charge on any atom is 0.348 e. The first-order chi connectivity index (χ1) is 16.1. The number of ether oxygens (including phenoxy) is 1. The molecule has 0 unspecified atom stereocenters. The maximum atomic E-state index is 15.1. The van der Waals surface area contributed by atoms with E-state index in [-0.39, 0.29) is 22.9 Å². The summed E-state index contributed by atoms with van der Waals surface area (Å²) in [7, 11) is 0. The largest absolute Gasteiger partial charge is 0.479 e. The summed E-state index contributed by atoms with van der Waals surface area (Å²) >= 11 is 5.80. The van der Waals surface area contributed by atoms with Crippen LogP contribution in [0.1, 0.15) is 18.0 Å². The van der Waals surface area contributed by atoms with E-state index in [1.807, 2.05) is 0 Å². The van der Waals surface area contributed by atoms with Crippen LogP contribution in [-0.4, -0.2) is 71.3 Å². The number of hydrogen-bond acceptors (Lipinski definition) is 7. The molecular weight excluding hydrogens is 475 g/mol. The summed E-state index contributed by atoms with van der Waals surface area (Å²) in [5.41, 5.74) is -2.88. The lowest BCUT2D eigenvalue weighted by molar-refractivity contribution is -0.186. The second-order valence-corrected chi connectivity index (χ2v) is 8.45. The molecule has 2 heterocycles. The van der Waals surface area contributed by atoms with Gasteiger partial charge in [-0.2, -0.15) is 4.98 Å². The molecule has 1 aromatic carbocycles. The summed E-state index contributed by atoms with van der Waals surface area (Å²) in [5.74, 6) is -4.38. The Labute approximate surface area is 195 Å². The number of fused-ring (bicyclic) bond motifs is 1. The van der Waals surface area contributed by atoms with E-state index in [0.717, 1.165) is 0 Å². The molecule has 1 aliphatic carbocycles. The van der Waals surface area contributed by atoms with Gasteiger partial charge in [-0.1, -0.05) is 30.3 Å². The highest BCUT2D eigenvalue weighted by molar-refractivity contribution is 6.28. The van der Waals surface area contributed by atoms with Crippen LogP contribution in [-0.2, 0) is 20.7 Å². The number of aromatic nitrogens is 4. The molecule has 1 aliphatic rings. The zero-order chi connectivity index (χ0) is 24.6. The van der Waals surface area contributed by atoms with Crippen LogP contribution in [0.25, 0.3) is 11.2 Å². The Bertz CT molecular complexity index is 1270. The molecule has 3 aromatic rings. The molecule has 0 amide bonds. The van der Waals surface area contributed by atoms with E-state index in [4.69, 9.17) is 16.3 Å². The Hall–Kier alpha value is -3.35. The third kappa shape index (κ3) is 4.15. The molecule has 1 fully saturated rings. The summed E-state index contributed by atoms with van der Waals surface area (Å²) < 4.78 is 21.8. The second kappa shape index (κ2) is 9.12. The van der Waals surface area contributed by atoms with E-state index in [0.29, 0.717) is 5.56 Å². The molecule has 11 nitrogen and oxygen atoms in total. The van der Waals surface area contributed by atoms with Crippen molar-refractivity contribution in [3.8, 4) is 0 Å². The van der Waals surface area contributed by atoms with Gasteiger partial charge in [-0.3, -0.25) is 9.78 Å². The summed E-state index contributed by atoms with van der Waals surface area (Å²) in [5, 5.41) is 29.7. The van der Waals surface area contributed by atoms with E-state index in [9.17, 15) is 29.7 Å². The lowest BCUT2D eigenvalue weighted by Crippen LogP contribution is -2.52. The van der Waals surface area contributed by atoms with E-state index in [1.165, 1.54) is 10.9 Å². The number of aliphatic carboxylic acids is 2. The van der Waals surface area contributed by atoms with Crippen molar-refractivity contribution in [2.45, 2.75) is 36.8 Å². The third-order valence-electron chi connectivity index (χ3n) is 6.01. The standard InChI is InChI=1S/C21H20ClFN4O7/c22-20-25-16-14(17(29)26-20)24-9-27(16)12-6-11(15(28)13(12)23)8-34-21(18(30)31,19(32)33)7-10-4-2-1-3-5-10/h1-5,9,11-13,15,28H,6-8H2,(H,30,31)(H,32,33)(H,25,26,29)/t11-,12-,13-,15-/m1/s1. The summed E-state index contributed by atoms with van der Waals surface area (Å²) in [6.07, 6.45) is -2.76. The first kappa shape index (κ1) is 23.8. The van der Waals surface area contributed by atoms with Gasteiger partial charge in [0.1, 0.15) is 6.17 Å². The van der Waals surface area contributed by atoms with Crippen molar-refractivity contribution in [2.75, 3.05) is 6.61 Å². The first-order valence-corrected chi connectivity index (χ1v) is 10.6. The van der Waals surface area contributed by atoms with Crippen molar-refractivity contribution in [1.29, 1.82) is 0 Å². The van der Waals surface area contributed by atoms with Crippen LogP contribution >= 0.6 is 11.6 Å². The fourth-order valence-electron chi connectivity index (χ4n) is 4.19. The molecule has 0 bridgehead atoms. The average molecular weight is 495 g/mol. The number of aromatic amines is 1. The van der Waals surface area contributed by atoms with Gasteiger partial charge in [-0.15, -0.1) is 0 Å². The lowest BCUT2D eigenvalue weighted by atomic mass is 9.94. The molecule has 4 atom stereocenters. The highest BCUT2D eigenvalue weighted by atomic mass is 35.5. The van der Waals surface area contributed by atoms with Crippen molar-refractivity contribution >= 4 is 34.7 Å². The zero-order valence-corrected chi connectivity index (χ0v) is 18.2. The highest BCUT2D eigenvalue weighted by Gasteiger charge is 2.51. The number of carboxylic acid groups (broad SMARTS) is 2. The van der Waals surface area contributed by atoms with E-state index in [2.05, 4.69) is 15.0 Å². The van der Waals surface area contributed by atoms with Crippen molar-refractivity contribution in [1.82, 2.24) is 19.5 Å². The number of rotatable bonds is 8.